The van der Waals surface area contributed by atoms with Gasteiger partial charge < -0.3 is 9.47 Å². The maximum Gasteiger partial charge on any atom is 0.422 e. The van der Waals surface area contributed by atoms with Crippen molar-refractivity contribution in [1.82, 2.24) is 0 Å². The molecule has 0 bridgehead atoms. The van der Waals surface area contributed by atoms with Gasteiger partial charge in [0.2, 0.25) is 0 Å². The standard InChI is InChI=1S/C36H44B.C22H29F6O2P/c1-21-13-25(5)33(26(6)14-21)37(34-27(7)15-22(2)16-28(34)8,35-29(9)17-23(3)18-30(35)10)36-31(11)19-24(4)20-32(36)12;23-21(24,25)14-29-16-11-17(30-15-22(26,27)28)13-20(12-16)31(18-7-3-1-4-8-18)19-9-5-2-6-10-19/h13-20H,1-12H3;11-13,18-19H,1-10,14-15H2/q-1;/p+1. The lowest BCUT2D eigenvalue weighted by Gasteiger charge is -2.51. The van der Waals surface area contributed by atoms with E-state index in [0.29, 0.717) is 11.3 Å². The predicted octanol–water partition coefficient (Wildman–Crippen LogP) is 13.8. The zero-order valence-corrected chi connectivity index (χ0v) is 43.7. The van der Waals surface area contributed by atoms with Crippen LogP contribution in [-0.2, 0) is 0 Å². The second-order valence-electron chi connectivity index (χ2n) is 20.7. The summed E-state index contributed by atoms with van der Waals surface area (Å²) in [6, 6.07) is 23.6. The lowest BCUT2D eigenvalue weighted by atomic mass is 9.10. The molecule has 10 heteroatoms. The number of hydrogen-bond donors (Lipinski definition) is 0. The third kappa shape index (κ3) is 12.4. The second kappa shape index (κ2) is 21.8. The highest BCUT2D eigenvalue weighted by atomic mass is 31.1. The van der Waals surface area contributed by atoms with Gasteiger partial charge in [-0.05, 0) is 134 Å². The third-order valence-electron chi connectivity index (χ3n) is 14.8. The highest BCUT2D eigenvalue weighted by Crippen LogP contribution is 2.55. The van der Waals surface area contributed by atoms with Gasteiger partial charge in [0.05, 0.1) is 16.6 Å². The molecule has 0 aromatic heterocycles. The molecule has 68 heavy (non-hydrogen) atoms. The molecule has 2 nitrogen and oxygen atoms in total. The Bertz CT molecular complexity index is 2180. The van der Waals surface area contributed by atoms with Gasteiger partial charge in [-0.15, -0.1) is 0 Å². The summed E-state index contributed by atoms with van der Waals surface area (Å²) in [6.45, 7) is 24.6. The summed E-state index contributed by atoms with van der Waals surface area (Å²) in [5.74, 6) is -0.137. The molecule has 0 amide bonds. The summed E-state index contributed by atoms with van der Waals surface area (Å²) in [6.07, 6.45) is 0.696. The average Bonchev–Trinajstić information content (AvgIpc) is 3.21. The first-order valence-corrected chi connectivity index (χ1v) is 26.4. The quantitative estimate of drug-likeness (QED) is 0.0746. The number of aryl methyl sites for hydroxylation is 12. The molecule has 0 saturated heterocycles. The van der Waals surface area contributed by atoms with E-state index in [4.69, 9.17) is 9.47 Å². The summed E-state index contributed by atoms with van der Waals surface area (Å²) in [7, 11) is -1.20. The first kappa shape index (κ1) is 53.1. The Labute approximate surface area is 404 Å². The highest BCUT2D eigenvalue weighted by Gasteiger charge is 2.42. The van der Waals surface area contributed by atoms with E-state index in [1.807, 2.05) is 0 Å². The molecule has 2 aliphatic rings. The minimum absolute atomic E-state index is 0.0684. The molecular formula is C58H74BF6O2P. The fraction of sp³-hybridized carbons (Fsp3) is 0.483. The molecular weight excluding hydrogens is 884 g/mol. The Balaban J connectivity index is 0.000000228. The molecule has 0 atom stereocenters. The van der Waals surface area contributed by atoms with Crippen LogP contribution in [0.2, 0.25) is 0 Å². The fourth-order valence-electron chi connectivity index (χ4n) is 13.2. The molecule has 2 saturated carbocycles. The molecule has 5 aromatic carbocycles. The third-order valence-corrected chi connectivity index (χ3v) is 18.7. The molecule has 0 spiro atoms. The van der Waals surface area contributed by atoms with E-state index in [1.54, 1.807) is 12.1 Å². The van der Waals surface area contributed by atoms with Crippen LogP contribution in [0.4, 0.5) is 26.3 Å². The van der Waals surface area contributed by atoms with Crippen LogP contribution in [-0.4, -0.2) is 43.0 Å². The minimum atomic E-state index is -4.52. The Morgan fingerprint density at radius 2 is 0.647 bits per heavy atom. The van der Waals surface area contributed by atoms with E-state index in [-0.39, 0.29) is 11.5 Å². The van der Waals surface area contributed by atoms with Crippen LogP contribution < -0.4 is 36.6 Å². The molecule has 2 fully saturated rings. The van der Waals surface area contributed by atoms with E-state index >= 15 is 0 Å². The number of ether oxygens (including phenoxy) is 2. The summed E-state index contributed by atoms with van der Waals surface area (Å²) in [4.78, 5) is 0. The number of rotatable bonds is 11. The van der Waals surface area contributed by atoms with Gasteiger partial charge in [-0.1, -0.05) is 128 Å². The lowest BCUT2D eigenvalue weighted by Crippen LogP contribution is -2.78. The topological polar surface area (TPSA) is 18.5 Å². The van der Waals surface area contributed by atoms with Crippen molar-refractivity contribution >= 4 is 41.2 Å². The monoisotopic (exact) mass is 959 g/mol. The van der Waals surface area contributed by atoms with Gasteiger partial charge in [0.1, 0.15) is 17.6 Å². The van der Waals surface area contributed by atoms with Crippen molar-refractivity contribution in [1.29, 1.82) is 0 Å². The van der Waals surface area contributed by atoms with Gasteiger partial charge in [-0.2, -0.15) is 48.2 Å². The maximum absolute atomic E-state index is 12.7. The van der Waals surface area contributed by atoms with Gasteiger partial charge >= 0.3 is 12.4 Å². The minimum Gasteiger partial charge on any atom is -0.484 e. The van der Waals surface area contributed by atoms with Crippen LogP contribution in [0.5, 0.6) is 11.5 Å². The summed E-state index contributed by atoms with van der Waals surface area (Å²) in [5.41, 5.74) is 23.3. The van der Waals surface area contributed by atoms with Gasteiger partial charge in [-0.25, -0.2) is 0 Å². The van der Waals surface area contributed by atoms with Crippen LogP contribution in [0.3, 0.4) is 0 Å². The van der Waals surface area contributed by atoms with Crippen LogP contribution in [0, 0.1) is 83.1 Å². The van der Waals surface area contributed by atoms with Gasteiger partial charge in [0.15, 0.2) is 13.2 Å². The first-order chi connectivity index (χ1) is 31.9. The first-order valence-electron chi connectivity index (χ1n) is 24.8. The molecule has 0 N–H and O–H groups in total. The lowest BCUT2D eigenvalue weighted by molar-refractivity contribution is -0.153. The zero-order chi connectivity index (χ0) is 49.9. The number of halogens is 6. The molecule has 368 valence electrons. The Hall–Kier alpha value is -4.23. The van der Waals surface area contributed by atoms with Crippen molar-refractivity contribution in [3.63, 3.8) is 0 Å². The van der Waals surface area contributed by atoms with Crippen molar-refractivity contribution in [2.24, 2.45) is 0 Å². The predicted molar refractivity (Wildman–Crippen MR) is 278 cm³/mol. The number of alkyl halides is 6. The van der Waals surface area contributed by atoms with Crippen LogP contribution in [0.15, 0.2) is 66.7 Å². The van der Waals surface area contributed by atoms with Crippen LogP contribution in [0.1, 0.15) is 131 Å². The largest absolute Gasteiger partial charge is 0.484 e. The van der Waals surface area contributed by atoms with Crippen molar-refractivity contribution in [3.8, 4) is 11.5 Å². The summed E-state index contributed by atoms with van der Waals surface area (Å²) >= 11 is 0. The van der Waals surface area contributed by atoms with Gasteiger partial charge in [0, 0.05) is 26.1 Å². The van der Waals surface area contributed by atoms with Crippen molar-refractivity contribution in [2.75, 3.05) is 13.2 Å². The van der Waals surface area contributed by atoms with Crippen molar-refractivity contribution < 1.29 is 35.8 Å². The normalized spacial score (nSPS) is 15.3. The Morgan fingerprint density at radius 1 is 0.397 bits per heavy atom. The molecule has 0 heterocycles. The SMILES string of the molecule is Cc1cc(C)c([B-](c2c(C)cc(C)cc2C)(c2c(C)cc(C)cc2C)c2c(C)cc(C)cc2C)c(C)c1.FC(F)(F)COc1cc(OCC(F)(F)F)cc([PH+](C2CCCCC2)C2CCCCC2)c1. The van der Waals surface area contributed by atoms with Crippen molar-refractivity contribution in [2.45, 2.75) is 171 Å². The second-order valence-corrected chi connectivity index (χ2v) is 23.9. The van der Waals surface area contributed by atoms with E-state index < -0.39 is 39.6 Å². The fourth-order valence-corrected chi connectivity index (χ4v) is 17.5. The number of hydrogen-bond acceptors (Lipinski definition) is 2. The van der Waals surface area contributed by atoms with E-state index in [2.05, 4.69) is 132 Å². The smallest absolute Gasteiger partial charge is 0.422 e. The molecule has 2 aliphatic carbocycles. The highest BCUT2D eigenvalue weighted by molar-refractivity contribution is 7.67. The van der Waals surface area contributed by atoms with Gasteiger partial charge in [-0.3, -0.25) is 0 Å². The average molecular weight is 959 g/mol. The Kier molecular flexibility index (Phi) is 17.1. The molecule has 0 aliphatic heterocycles. The summed E-state index contributed by atoms with van der Waals surface area (Å²) in [5, 5.41) is 0.848. The van der Waals surface area contributed by atoms with E-state index in [9.17, 15) is 26.3 Å². The van der Waals surface area contributed by atoms with Crippen LogP contribution >= 0.6 is 7.92 Å². The summed E-state index contributed by atoms with van der Waals surface area (Å²) < 4.78 is 86.0. The zero-order valence-electron chi connectivity index (χ0n) is 42.7. The van der Waals surface area contributed by atoms with Crippen LogP contribution in [0.25, 0.3) is 0 Å². The molecule has 0 unspecified atom stereocenters. The number of benzene rings is 5. The van der Waals surface area contributed by atoms with E-state index in [1.165, 1.54) is 101 Å². The van der Waals surface area contributed by atoms with Crippen molar-refractivity contribution in [3.05, 3.63) is 133 Å². The maximum atomic E-state index is 12.7. The molecule has 7 rings (SSSR count). The molecule has 0 radical (unpaired) electrons. The Morgan fingerprint density at radius 3 is 0.882 bits per heavy atom. The molecule has 5 aromatic rings. The van der Waals surface area contributed by atoms with Gasteiger partial charge in [0.25, 0.3) is 0 Å². The van der Waals surface area contributed by atoms with E-state index in [0.717, 1.165) is 62.7 Å².